The summed E-state index contributed by atoms with van der Waals surface area (Å²) in [4.78, 5) is 25.3. The number of likely N-dealkylation sites (tertiary alicyclic amines) is 1. The first-order chi connectivity index (χ1) is 17.6. The van der Waals surface area contributed by atoms with Gasteiger partial charge in [-0.1, -0.05) is 12.8 Å². The molecule has 3 aromatic heterocycles. The van der Waals surface area contributed by atoms with E-state index in [2.05, 4.69) is 39.3 Å². The Morgan fingerprint density at radius 1 is 1.03 bits per heavy atom. The minimum Gasteiger partial charge on any atom is -0.481 e. The number of aryl methyl sites for hydroxylation is 1. The Morgan fingerprint density at radius 3 is 2.72 bits per heavy atom. The number of benzene rings is 1. The fraction of sp³-hybridized carbons (Fsp3) is 0.483. The Balaban J connectivity index is 1.26. The van der Waals surface area contributed by atoms with Crippen molar-refractivity contribution in [2.24, 2.45) is 24.8 Å². The number of aromatic nitrogens is 4. The van der Waals surface area contributed by atoms with Crippen LogP contribution in [0.1, 0.15) is 48.9 Å². The van der Waals surface area contributed by atoms with Crippen molar-refractivity contribution in [3.8, 4) is 17.4 Å². The van der Waals surface area contributed by atoms with E-state index in [0.29, 0.717) is 17.7 Å². The number of piperidine rings is 1. The second-order valence-corrected chi connectivity index (χ2v) is 11.0. The number of amides is 1. The van der Waals surface area contributed by atoms with Gasteiger partial charge in [0, 0.05) is 43.7 Å². The molecule has 7 nitrogen and oxygen atoms in total. The highest BCUT2D eigenvalue weighted by atomic mass is 16.5. The van der Waals surface area contributed by atoms with Gasteiger partial charge in [0.25, 0.3) is 5.91 Å². The number of nitrogens with zero attached hydrogens (tertiary/aromatic N) is 5. The Hall–Kier alpha value is -3.35. The zero-order valence-electron chi connectivity index (χ0n) is 21.1. The lowest BCUT2D eigenvalue weighted by atomic mass is 9.88. The van der Waals surface area contributed by atoms with Crippen LogP contribution in [0.3, 0.4) is 0 Å². The first-order valence-corrected chi connectivity index (χ1v) is 13.4. The van der Waals surface area contributed by atoms with Crippen molar-refractivity contribution in [1.82, 2.24) is 24.0 Å². The molecule has 2 aliphatic carbocycles. The van der Waals surface area contributed by atoms with Crippen LogP contribution in [0.15, 0.2) is 36.4 Å². The number of fused-ring (bicyclic) bond motifs is 3. The monoisotopic (exact) mass is 483 g/mol. The molecule has 7 rings (SSSR count). The molecule has 0 N–H and O–H groups in total. The number of pyridine rings is 1. The van der Waals surface area contributed by atoms with Crippen molar-refractivity contribution in [2.45, 2.75) is 45.1 Å². The van der Waals surface area contributed by atoms with Crippen LogP contribution in [-0.4, -0.2) is 50.1 Å². The van der Waals surface area contributed by atoms with Gasteiger partial charge in [0.15, 0.2) is 5.82 Å². The van der Waals surface area contributed by atoms with Crippen molar-refractivity contribution in [3.63, 3.8) is 0 Å². The highest BCUT2D eigenvalue weighted by Gasteiger charge is 2.35. The molecular formula is C29H33N5O2. The Morgan fingerprint density at radius 2 is 1.89 bits per heavy atom. The number of imidazole rings is 1. The van der Waals surface area contributed by atoms with Gasteiger partial charge in [0.1, 0.15) is 5.65 Å². The number of rotatable bonds is 5. The largest absolute Gasteiger partial charge is 0.481 e. The van der Waals surface area contributed by atoms with Gasteiger partial charge < -0.3 is 18.8 Å². The third kappa shape index (κ3) is 3.59. The van der Waals surface area contributed by atoms with Crippen molar-refractivity contribution in [1.29, 1.82) is 0 Å². The summed E-state index contributed by atoms with van der Waals surface area (Å²) in [6.07, 6.45) is 7.60. The first kappa shape index (κ1) is 21.9. The second-order valence-electron chi connectivity index (χ2n) is 11.0. The molecule has 0 radical (unpaired) electrons. The van der Waals surface area contributed by atoms with Gasteiger partial charge >= 0.3 is 0 Å². The molecule has 0 unspecified atom stereocenters. The summed E-state index contributed by atoms with van der Waals surface area (Å²) in [7, 11) is 3.72. The maximum atomic E-state index is 13.4. The number of hydrogen-bond donors (Lipinski definition) is 0. The fourth-order valence-electron chi connectivity index (χ4n) is 6.51. The molecule has 1 saturated heterocycles. The maximum Gasteiger partial charge on any atom is 0.253 e. The summed E-state index contributed by atoms with van der Waals surface area (Å²) in [5.74, 6) is 3.88. The van der Waals surface area contributed by atoms with E-state index in [-0.39, 0.29) is 5.91 Å². The molecule has 0 spiro atoms. The Kier molecular flexibility index (Phi) is 5.08. The highest BCUT2D eigenvalue weighted by Crippen LogP contribution is 2.39. The van der Waals surface area contributed by atoms with Crippen LogP contribution in [0.2, 0.25) is 0 Å². The molecule has 4 heterocycles. The quantitative estimate of drug-likeness (QED) is 0.388. The van der Waals surface area contributed by atoms with E-state index in [9.17, 15) is 4.79 Å². The minimum atomic E-state index is 0.147. The predicted molar refractivity (Wildman–Crippen MR) is 140 cm³/mol. The molecule has 1 amide bonds. The summed E-state index contributed by atoms with van der Waals surface area (Å²) in [5, 5.41) is 1.09. The second kappa shape index (κ2) is 8.36. The average molecular weight is 484 g/mol. The van der Waals surface area contributed by atoms with E-state index < -0.39 is 0 Å². The zero-order valence-corrected chi connectivity index (χ0v) is 21.1. The van der Waals surface area contributed by atoms with Crippen molar-refractivity contribution in [3.05, 3.63) is 42.0 Å². The number of carbonyl (C=O) groups excluding carboxylic acids is 1. The standard InChI is InChI=1S/C29H33N5O2/c1-32-24-10-8-21(29(35)33-13-12-19-4-3-5-22(19)17-33)14-23(24)30-28(32)25-15-20-9-11-26(36-2)31-27(20)34(25)16-18-6-7-18/h8-11,14-15,18-19,22H,3-7,12-13,16-17H2,1-2H3/t19-,22+/m1/s1. The van der Waals surface area contributed by atoms with E-state index in [0.717, 1.165) is 71.1 Å². The summed E-state index contributed by atoms with van der Waals surface area (Å²) in [5.41, 5.74) is 4.64. The van der Waals surface area contributed by atoms with Crippen LogP contribution in [-0.2, 0) is 13.6 Å². The third-order valence-electron chi connectivity index (χ3n) is 8.75. The van der Waals surface area contributed by atoms with E-state index in [1.54, 1.807) is 7.11 Å². The van der Waals surface area contributed by atoms with Gasteiger partial charge in [0.05, 0.1) is 23.8 Å². The van der Waals surface area contributed by atoms with Gasteiger partial charge in [-0.25, -0.2) is 4.98 Å². The normalized spacial score (nSPS) is 21.9. The number of carbonyl (C=O) groups is 1. The molecular weight excluding hydrogens is 450 g/mol. The van der Waals surface area contributed by atoms with E-state index in [4.69, 9.17) is 14.7 Å². The highest BCUT2D eigenvalue weighted by molar-refractivity contribution is 5.98. The lowest BCUT2D eigenvalue weighted by Gasteiger charge is -2.35. The lowest BCUT2D eigenvalue weighted by Crippen LogP contribution is -2.42. The van der Waals surface area contributed by atoms with Gasteiger partial charge in [-0.05, 0) is 73.8 Å². The topological polar surface area (TPSA) is 65.2 Å². The number of ether oxygens (including phenoxy) is 1. The maximum absolute atomic E-state index is 13.4. The molecule has 2 saturated carbocycles. The number of methoxy groups -OCH3 is 1. The molecule has 4 aromatic rings. The van der Waals surface area contributed by atoms with Gasteiger partial charge in [-0.15, -0.1) is 0 Å². The molecule has 1 aliphatic heterocycles. The average Bonchev–Trinajstić information content (AvgIpc) is 3.34. The minimum absolute atomic E-state index is 0.147. The fourth-order valence-corrected chi connectivity index (χ4v) is 6.51. The molecule has 186 valence electrons. The lowest BCUT2D eigenvalue weighted by molar-refractivity contribution is 0.0627. The van der Waals surface area contributed by atoms with E-state index >= 15 is 0 Å². The van der Waals surface area contributed by atoms with E-state index in [1.807, 2.05) is 18.2 Å². The van der Waals surface area contributed by atoms with Crippen molar-refractivity contribution < 1.29 is 9.53 Å². The molecule has 7 heteroatoms. The van der Waals surface area contributed by atoms with Gasteiger partial charge in [-0.2, -0.15) is 4.98 Å². The summed E-state index contributed by atoms with van der Waals surface area (Å²) < 4.78 is 9.85. The molecule has 36 heavy (non-hydrogen) atoms. The van der Waals surface area contributed by atoms with Crippen LogP contribution < -0.4 is 4.74 Å². The summed E-state index contributed by atoms with van der Waals surface area (Å²) >= 11 is 0. The van der Waals surface area contributed by atoms with Crippen LogP contribution in [0.5, 0.6) is 5.88 Å². The number of hydrogen-bond acceptors (Lipinski definition) is 4. The summed E-state index contributed by atoms with van der Waals surface area (Å²) in [6.45, 7) is 2.72. The molecule has 3 fully saturated rings. The van der Waals surface area contributed by atoms with Crippen LogP contribution in [0.4, 0.5) is 0 Å². The zero-order chi connectivity index (χ0) is 24.4. The van der Waals surface area contributed by atoms with Gasteiger partial charge in [-0.3, -0.25) is 4.79 Å². The Labute approximate surface area is 211 Å². The molecule has 3 aliphatic rings. The van der Waals surface area contributed by atoms with Crippen LogP contribution in [0, 0.1) is 17.8 Å². The van der Waals surface area contributed by atoms with Gasteiger partial charge in [0.2, 0.25) is 5.88 Å². The Bertz CT molecular complexity index is 1480. The summed E-state index contributed by atoms with van der Waals surface area (Å²) in [6, 6.07) is 12.2. The van der Waals surface area contributed by atoms with Crippen molar-refractivity contribution >= 4 is 28.0 Å². The molecule has 1 aromatic carbocycles. The van der Waals surface area contributed by atoms with E-state index in [1.165, 1.54) is 32.1 Å². The first-order valence-electron chi connectivity index (χ1n) is 13.4. The SMILES string of the molecule is COc1ccc2cc(-c3nc4cc(C(=O)N5CC[C@H]6CCC[C@H]6C5)ccc4n3C)n(CC3CC3)c2n1. The third-order valence-corrected chi connectivity index (χ3v) is 8.75. The smallest absolute Gasteiger partial charge is 0.253 e. The van der Waals surface area contributed by atoms with Crippen LogP contribution in [0.25, 0.3) is 33.6 Å². The van der Waals surface area contributed by atoms with Crippen molar-refractivity contribution in [2.75, 3.05) is 20.2 Å². The molecule has 2 atom stereocenters. The molecule has 0 bridgehead atoms. The predicted octanol–water partition coefficient (Wildman–Crippen LogP) is 5.27. The van der Waals surface area contributed by atoms with Crippen LogP contribution >= 0.6 is 0 Å².